The predicted molar refractivity (Wildman–Crippen MR) is 82.2 cm³/mol. The van der Waals surface area contributed by atoms with Crippen molar-refractivity contribution in [1.82, 2.24) is 14.5 Å². The molecule has 144 valence electrons. The molecule has 0 saturated heterocycles. The van der Waals surface area contributed by atoms with Crippen LogP contribution in [0.5, 0.6) is 0 Å². The van der Waals surface area contributed by atoms with E-state index in [1.807, 2.05) is 0 Å². The summed E-state index contributed by atoms with van der Waals surface area (Å²) in [5, 5.41) is 0. The second-order valence-electron chi connectivity index (χ2n) is 5.50. The molecule has 0 aliphatic rings. The molecule has 0 saturated carbocycles. The summed E-state index contributed by atoms with van der Waals surface area (Å²) in [6, 6.07) is 4.92. The topological polar surface area (TPSA) is 64.8 Å². The van der Waals surface area contributed by atoms with Gasteiger partial charge in [-0.3, -0.25) is 0 Å². The average molecular weight is 409 g/mol. The fourth-order valence-corrected chi connectivity index (χ4v) is 3.44. The molecular weight excluding hydrogens is 400 g/mol. The van der Waals surface area contributed by atoms with Crippen LogP contribution in [0.25, 0.3) is 22.6 Å². The van der Waals surface area contributed by atoms with Crippen LogP contribution in [-0.2, 0) is 23.1 Å². The van der Waals surface area contributed by atoms with Gasteiger partial charge in [-0.1, -0.05) is 12.1 Å². The normalized spacial score (nSPS) is 13.3. The molecule has 0 atom stereocenters. The number of nitrogens with zero attached hydrogens (tertiary/aromatic N) is 3. The van der Waals surface area contributed by atoms with E-state index in [-0.39, 0.29) is 17.0 Å². The zero-order valence-electron chi connectivity index (χ0n) is 13.3. The van der Waals surface area contributed by atoms with Gasteiger partial charge in [-0.05, 0) is 18.2 Å². The number of alkyl halides is 6. The number of fused-ring (bicyclic) bond motifs is 1. The van der Waals surface area contributed by atoms with Crippen LogP contribution >= 0.6 is 0 Å². The van der Waals surface area contributed by atoms with Crippen molar-refractivity contribution in [1.29, 1.82) is 0 Å². The monoisotopic (exact) mass is 409 g/mol. The zero-order chi connectivity index (χ0) is 20.2. The molecule has 0 spiro atoms. The summed E-state index contributed by atoms with van der Waals surface area (Å²) >= 11 is 0. The fraction of sp³-hybridized carbons (Fsp3) is 0.200. The Morgan fingerprint density at radius 3 is 2.26 bits per heavy atom. The summed E-state index contributed by atoms with van der Waals surface area (Å²) < 4.78 is 102. The van der Waals surface area contributed by atoms with Crippen LogP contribution in [0.15, 0.2) is 41.4 Å². The van der Waals surface area contributed by atoms with Crippen LogP contribution in [-0.4, -0.2) is 28.5 Å². The Morgan fingerprint density at radius 1 is 1.04 bits per heavy atom. The summed E-state index contributed by atoms with van der Waals surface area (Å²) in [6.45, 7) is 0. The number of aromatic nitrogens is 3. The Labute approximate surface area is 148 Å². The van der Waals surface area contributed by atoms with E-state index in [1.54, 1.807) is 0 Å². The largest absolute Gasteiger partial charge is 0.501 e. The SMILES string of the molecule is Cn1c(-c2ccccc2S(=O)(=O)C(F)(F)F)nc2cc(C(F)(F)F)cnc21. The molecule has 2 heterocycles. The molecule has 0 fully saturated rings. The minimum absolute atomic E-state index is 0.0443. The Morgan fingerprint density at radius 2 is 1.67 bits per heavy atom. The van der Waals surface area contributed by atoms with Gasteiger partial charge in [-0.15, -0.1) is 0 Å². The summed E-state index contributed by atoms with van der Waals surface area (Å²) in [7, 11) is -4.39. The first kappa shape index (κ1) is 19.1. The molecule has 27 heavy (non-hydrogen) atoms. The molecule has 2 aromatic heterocycles. The van der Waals surface area contributed by atoms with E-state index >= 15 is 0 Å². The Bertz CT molecular complexity index is 1130. The molecule has 0 N–H and O–H groups in total. The highest BCUT2D eigenvalue weighted by atomic mass is 32.2. The van der Waals surface area contributed by atoms with Gasteiger partial charge in [-0.2, -0.15) is 26.3 Å². The van der Waals surface area contributed by atoms with Crippen molar-refractivity contribution in [3.05, 3.63) is 42.1 Å². The Kier molecular flexibility index (Phi) is 4.21. The van der Waals surface area contributed by atoms with Gasteiger partial charge in [0.1, 0.15) is 11.3 Å². The highest BCUT2D eigenvalue weighted by molar-refractivity contribution is 7.92. The zero-order valence-corrected chi connectivity index (χ0v) is 14.1. The molecule has 1 aromatic carbocycles. The van der Waals surface area contributed by atoms with Gasteiger partial charge >= 0.3 is 11.7 Å². The van der Waals surface area contributed by atoms with Crippen molar-refractivity contribution in [3.63, 3.8) is 0 Å². The lowest BCUT2D eigenvalue weighted by atomic mass is 10.2. The number of sulfone groups is 1. The third-order valence-corrected chi connectivity index (χ3v) is 5.30. The fourth-order valence-electron chi connectivity index (χ4n) is 2.48. The van der Waals surface area contributed by atoms with Gasteiger partial charge in [0.2, 0.25) is 0 Å². The van der Waals surface area contributed by atoms with Crippen LogP contribution in [0.4, 0.5) is 26.3 Å². The molecule has 3 aromatic rings. The number of aryl methyl sites for hydroxylation is 1. The Balaban J connectivity index is 2.28. The maximum absolute atomic E-state index is 13.0. The van der Waals surface area contributed by atoms with E-state index in [1.165, 1.54) is 13.1 Å². The van der Waals surface area contributed by atoms with Crippen molar-refractivity contribution < 1.29 is 34.8 Å². The van der Waals surface area contributed by atoms with E-state index in [2.05, 4.69) is 9.97 Å². The van der Waals surface area contributed by atoms with Crippen LogP contribution in [0.1, 0.15) is 5.56 Å². The number of pyridine rings is 1. The summed E-state index contributed by atoms with van der Waals surface area (Å²) in [5.74, 6) is -0.264. The second kappa shape index (κ2) is 5.94. The number of imidazole rings is 1. The minimum Gasteiger partial charge on any atom is -0.312 e. The van der Waals surface area contributed by atoms with Crippen LogP contribution in [0.3, 0.4) is 0 Å². The number of rotatable bonds is 2. The smallest absolute Gasteiger partial charge is 0.312 e. The maximum atomic E-state index is 13.0. The van der Waals surface area contributed by atoms with E-state index in [4.69, 9.17) is 0 Å². The number of halogens is 6. The van der Waals surface area contributed by atoms with Crippen molar-refractivity contribution in [2.45, 2.75) is 16.6 Å². The van der Waals surface area contributed by atoms with E-state index < -0.39 is 37.5 Å². The quantitative estimate of drug-likeness (QED) is 0.602. The van der Waals surface area contributed by atoms with Crippen molar-refractivity contribution in [2.75, 3.05) is 0 Å². The van der Waals surface area contributed by atoms with Crippen molar-refractivity contribution >= 4 is 21.0 Å². The molecule has 3 rings (SSSR count). The number of hydrogen-bond acceptors (Lipinski definition) is 4. The lowest BCUT2D eigenvalue weighted by Gasteiger charge is -2.12. The lowest BCUT2D eigenvalue weighted by Crippen LogP contribution is -2.24. The van der Waals surface area contributed by atoms with Gasteiger partial charge in [0.25, 0.3) is 9.84 Å². The van der Waals surface area contributed by atoms with Gasteiger partial charge in [0.05, 0.1) is 10.5 Å². The molecule has 12 heteroatoms. The Hall–Kier alpha value is -2.63. The summed E-state index contributed by atoms with van der Waals surface area (Å²) in [5.41, 5.74) is -7.31. The molecular formula is C15H9F6N3O2S. The standard InChI is InChI=1S/C15H9F6N3O2S/c1-24-12(23-10-6-8(14(16,17)18)7-22-13(10)24)9-4-2-3-5-11(9)27(25,26)15(19,20)21/h2-7H,1H3. The molecule has 0 aliphatic carbocycles. The number of benzene rings is 1. The number of hydrogen-bond donors (Lipinski definition) is 0. The second-order valence-corrected chi connectivity index (χ2v) is 7.41. The molecule has 5 nitrogen and oxygen atoms in total. The highest BCUT2D eigenvalue weighted by Gasteiger charge is 2.48. The van der Waals surface area contributed by atoms with E-state index in [0.717, 1.165) is 22.8 Å². The first-order chi connectivity index (χ1) is 12.3. The highest BCUT2D eigenvalue weighted by Crippen LogP contribution is 2.37. The molecule has 0 amide bonds. The molecule has 0 bridgehead atoms. The van der Waals surface area contributed by atoms with Gasteiger partial charge in [-0.25, -0.2) is 18.4 Å². The summed E-state index contributed by atoms with van der Waals surface area (Å²) in [4.78, 5) is 6.48. The maximum Gasteiger partial charge on any atom is 0.501 e. The van der Waals surface area contributed by atoms with Gasteiger partial charge in [0.15, 0.2) is 5.65 Å². The average Bonchev–Trinajstić information content (AvgIpc) is 2.89. The molecule has 0 radical (unpaired) electrons. The van der Waals surface area contributed by atoms with Gasteiger partial charge < -0.3 is 4.57 Å². The van der Waals surface area contributed by atoms with Gasteiger partial charge in [0, 0.05) is 18.8 Å². The van der Waals surface area contributed by atoms with Crippen molar-refractivity contribution in [2.24, 2.45) is 7.05 Å². The predicted octanol–water partition coefficient (Wildman–Crippen LogP) is 3.95. The van der Waals surface area contributed by atoms with Crippen LogP contribution in [0.2, 0.25) is 0 Å². The summed E-state index contributed by atoms with van der Waals surface area (Å²) in [6.07, 6.45) is -4.12. The third-order valence-electron chi connectivity index (χ3n) is 3.76. The van der Waals surface area contributed by atoms with Crippen LogP contribution < -0.4 is 0 Å². The molecule has 0 unspecified atom stereocenters. The minimum atomic E-state index is -5.69. The first-order valence-electron chi connectivity index (χ1n) is 7.14. The van der Waals surface area contributed by atoms with Crippen LogP contribution in [0, 0.1) is 0 Å². The molecule has 0 aliphatic heterocycles. The van der Waals surface area contributed by atoms with E-state index in [0.29, 0.717) is 12.3 Å². The van der Waals surface area contributed by atoms with E-state index in [9.17, 15) is 34.8 Å². The first-order valence-corrected chi connectivity index (χ1v) is 8.63. The third kappa shape index (κ3) is 3.13. The van der Waals surface area contributed by atoms with Crippen molar-refractivity contribution in [3.8, 4) is 11.4 Å². The lowest BCUT2D eigenvalue weighted by molar-refractivity contribution is -0.137.